The monoisotopic (exact) mass is 241 g/mol. The van der Waals surface area contributed by atoms with Crippen molar-refractivity contribution in [1.82, 2.24) is 0 Å². The van der Waals surface area contributed by atoms with E-state index in [-0.39, 0.29) is 0 Å². The maximum absolute atomic E-state index is 3.18. The number of hydrogen-bond donors (Lipinski definition) is 1. The van der Waals surface area contributed by atoms with Crippen molar-refractivity contribution in [1.29, 1.82) is 0 Å². The SMILES string of the molecule is CCCCCCc1ccc2cc(NC)ccc2c1. The molecule has 0 saturated heterocycles. The molecule has 0 radical (unpaired) electrons. The van der Waals surface area contributed by atoms with Crippen molar-refractivity contribution in [2.24, 2.45) is 0 Å². The van der Waals surface area contributed by atoms with Gasteiger partial charge >= 0.3 is 0 Å². The molecule has 1 N–H and O–H groups in total. The highest BCUT2D eigenvalue weighted by molar-refractivity contribution is 5.86. The number of rotatable bonds is 6. The number of hydrogen-bond acceptors (Lipinski definition) is 1. The van der Waals surface area contributed by atoms with E-state index in [0.717, 1.165) is 0 Å². The van der Waals surface area contributed by atoms with Gasteiger partial charge in [-0.2, -0.15) is 0 Å². The van der Waals surface area contributed by atoms with Gasteiger partial charge < -0.3 is 5.32 Å². The normalized spacial score (nSPS) is 10.8. The second-order valence-corrected chi connectivity index (χ2v) is 4.96. The Kier molecular flexibility index (Phi) is 4.63. The van der Waals surface area contributed by atoms with Crippen molar-refractivity contribution in [3.63, 3.8) is 0 Å². The summed E-state index contributed by atoms with van der Waals surface area (Å²) < 4.78 is 0. The average molecular weight is 241 g/mol. The summed E-state index contributed by atoms with van der Waals surface area (Å²) in [5, 5.41) is 5.85. The maximum atomic E-state index is 3.18. The Morgan fingerprint density at radius 3 is 2.44 bits per heavy atom. The molecule has 1 heteroatoms. The molecule has 0 bridgehead atoms. The summed E-state index contributed by atoms with van der Waals surface area (Å²) in [6.45, 7) is 2.26. The van der Waals surface area contributed by atoms with Crippen LogP contribution in [0.1, 0.15) is 38.2 Å². The molecular weight excluding hydrogens is 218 g/mol. The minimum Gasteiger partial charge on any atom is -0.388 e. The summed E-state index contributed by atoms with van der Waals surface area (Å²) in [5.74, 6) is 0. The molecule has 0 spiro atoms. The Morgan fingerprint density at radius 2 is 1.67 bits per heavy atom. The topological polar surface area (TPSA) is 12.0 Å². The molecule has 1 nitrogen and oxygen atoms in total. The van der Waals surface area contributed by atoms with Crippen LogP contribution in [-0.2, 0) is 6.42 Å². The molecule has 0 heterocycles. The molecule has 0 atom stereocenters. The van der Waals surface area contributed by atoms with E-state index in [1.54, 1.807) is 0 Å². The first-order valence-corrected chi connectivity index (χ1v) is 7.04. The van der Waals surface area contributed by atoms with Gasteiger partial charge in [0.1, 0.15) is 0 Å². The van der Waals surface area contributed by atoms with Gasteiger partial charge in [0.05, 0.1) is 0 Å². The molecule has 0 amide bonds. The first-order chi connectivity index (χ1) is 8.83. The molecule has 0 fully saturated rings. The third-order valence-electron chi connectivity index (χ3n) is 3.51. The van der Waals surface area contributed by atoms with Crippen molar-refractivity contribution in [2.45, 2.75) is 39.0 Å². The molecule has 0 saturated carbocycles. The van der Waals surface area contributed by atoms with Gasteiger partial charge in [-0.25, -0.2) is 0 Å². The molecule has 96 valence electrons. The van der Waals surface area contributed by atoms with Crippen molar-refractivity contribution < 1.29 is 0 Å². The van der Waals surface area contributed by atoms with E-state index < -0.39 is 0 Å². The number of unbranched alkanes of at least 4 members (excludes halogenated alkanes) is 3. The van der Waals surface area contributed by atoms with Gasteiger partial charge in [-0.15, -0.1) is 0 Å². The second-order valence-electron chi connectivity index (χ2n) is 4.96. The van der Waals surface area contributed by atoms with Gasteiger partial charge in [-0.05, 0) is 41.3 Å². The first kappa shape index (κ1) is 12.9. The molecule has 0 aliphatic carbocycles. The van der Waals surface area contributed by atoms with E-state index >= 15 is 0 Å². The average Bonchev–Trinajstić information content (AvgIpc) is 2.43. The van der Waals surface area contributed by atoms with Crippen LogP contribution in [-0.4, -0.2) is 7.05 Å². The summed E-state index contributed by atoms with van der Waals surface area (Å²) in [5.41, 5.74) is 2.65. The Morgan fingerprint density at radius 1 is 0.889 bits per heavy atom. The fourth-order valence-electron chi connectivity index (χ4n) is 2.36. The lowest BCUT2D eigenvalue weighted by Gasteiger charge is -2.06. The second kappa shape index (κ2) is 6.44. The third-order valence-corrected chi connectivity index (χ3v) is 3.51. The van der Waals surface area contributed by atoms with Crippen LogP contribution in [0, 0.1) is 0 Å². The highest BCUT2D eigenvalue weighted by Gasteiger charge is 1.98. The summed E-state index contributed by atoms with van der Waals surface area (Å²) >= 11 is 0. The molecule has 0 aromatic heterocycles. The van der Waals surface area contributed by atoms with Crippen molar-refractivity contribution >= 4 is 16.5 Å². The number of anilines is 1. The standard InChI is InChI=1S/C17H23N/c1-3-4-5-6-7-14-8-9-16-13-17(18-2)11-10-15(16)12-14/h8-13,18H,3-7H2,1-2H3. The molecule has 18 heavy (non-hydrogen) atoms. The number of benzene rings is 2. The van der Waals surface area contributed by atoms with Crippen LogP contribution in [0.2, 0.25) is 0 Å². The lowest BCUT2D eigenvalue weighted by Crippen LogP contribution is -1.89. The van der Waals surface area contributed by atoms with E-state index in [9.17, 15) is 0 Å². The van der Waals surface area contributed by atoms with E-state index in [1.807, 2.05) is 7.05 Å². The fraction of sp³-hybridized carbons (Fsp3) is 0.412. The smallest absolute Gasteiger partial charge is 0.0343 e. The Hall–Kier alpha value is -1.50. The molecular formula is C17H23N. The zero-order chi connectivity index (χ0) is 12.8. The van der Waals surface area contributed by atoms with Gasteiger partial charge in [-0.3, -0.25) is 0 Å². The molecule has 0 unspecified atom stereocenters. The van der Waals surface area contributed by atoms with Crippen molar-refractivity contribution in [2.75, 3.05) is 12.4 Å². The lowest BCUT2D eigenvalue weighted by atomic mass is 10.0. The predicted molar refractivity (Wildman–Crippen MR) is 81.3 cm³/mol. The van der Waals surface area contributed by atoms with Gasteiger partial charge in [-0.1, -0.05) is 50.5 Å². The number of aryl methyl sites for hydroxylation is 1. The third kappa shape index (κ3) is 3.25. The van der Waals surface area contributed by atoms with Crippen LogP contribution >= 0.6 is 0 Å². The zero-order valence-electron chi connectivity index (χ0n) is 11.5. The van der Waals surface area contributed by atoms with Crippen LogP contribution in [0.15, 0.2) is 36.4 Å². The quantitative estimate of drug-likeness (QED) is 0.701. The fourth-order valence-corrected chi connectivity index (χ4v) is 2.36. The first-order valence-electron chi connectivity index (χ1n) is 7.04. The largest absolute Gasteiger partial charge is 0.388 e. The molecule has 2 rings (SSSR count). The summed E-state index contributed by atoms with van der Waals surface area (Å²) in [7, 11) is 1.96. The Bertz CT molecular complexity index is 502. The van der Waals surface area contributed by atoms with Crippen LogP contribution in [0.4, 0.5) is 5.69 Å². The summed E-state index contributed by atoms with van der Waals surface area (Å²) in [6.07, 6.45) is 6.55. The number of fused-ring (bicyclic) bond motifs is 1. The Labute approximate surface area is 110 Å². The maximum Gasteiger partial charge on any atom is 0.0343 e. The summed E-state index contributed by atoms with van der Waals surface area (Å²) in [4.78, 5) is 0. The van der Waals surface area contributed by atoms with Gasteiger partial charge in [0.25, 0.3) is 0 Å². The zero-order valence-corrected chi connectivity index (χ0v) is 11.5. The molecule has 0 aliphatic rings. The minimum atomic E-state index is 1.18. The molecule has 0 aliphatic heterocycles. The van der Waals surface area contributed by atoms with Crippen LogP contribution in [0.25, 0.3) is 10.8 Å². The highest BCUT2D eigenvalue weighted by atomic mass is 14.8. The van der Waals surface area contributed by atoms with Gasteiger partial charge in [0.15, 0.2) is 0 Å². The van der Waals surface area contributed by atoms with Crippen LogP contribution < -0.4 is 5.32 Å². The van der Waals surface area contributed by atoms with Crippen LogP contribution in [0.5, 0.6) is 0 Å². The minimum absolute atomic E-state index is 1.18. The van der Waals surface area contributed by atoms with E-state index in [1.165, 1.54) is 54.1 Å². The van der Waals surface area contributed by atoms with E-state index in [0.29, 0.717) is 0 Å². The molecule has 2 aromatic carbocycles. The number of nitrogens with one attached hydrogen (secondary N) is 1. The van der Waals surface area contributed by atoms with Gasteiger partial charge in [0, 0.05) is 12.7 Å². The Balaban J connectivity index is 2.08. The highest BCUT2D eigenvalue weighted by Crippen LogP contribution is 2.21. The van der Waals surface area contributed by atoms with Crippen molar-refractivity contribution in [3.05, 3.63) is 42.0 Å². The van der Waals surface area contributed by atoms with Crippen LogP contribution in [0.3, 0.4) is 0 Å². The van der Waals surface area contributed by atoms with Crippen molar-refractivity contribution in [3.8, 4) is 0 Å². The van der Waals surface area contributed by atoms with E-state index in [2.05, 4.69) is 48.6 Å². The predicted octanol–water partition coefficient (Wildman–Crippen LogP) is 5.00. The molecule has 2 aromatic rings. The lowest BCUT2D eigenvalue weighted by molar-refractivity contribution is 0.667. The van der Waals surface area contributed by atoms with Gasteiger partial charge in [0.2, 0.25) is 0 Å². The summed E-state index contributed by atoms with van der Waals surface area (Å²) in [6, 6.07) is 13.4. The van der Waals surface area contributed by atoms with E-state index in [4.69, 9.17) is 0 Å².